The summed E-state index contributed by atoms with van der Waals surface area (Å²) in [4.78, 5) is 27.0. The van der Waals surface area contributed by atoms with Gasteiger partial charge in [-0.3, -0.25) is 9.59 Å². The number of nitriles is 1. The van der Waals surface area contributed by atoms with Crippen LogP contribution in [0.3, 0.4) is 0 Å². The van der Waals surface area contributed by atoms with E-state index in [1.807, 2.05) is 12.1 Å². The molecule has 2 atom stereocenters. The third kappa shape index (κ3) is 5.07. The van der Waals surface area contributed by atoms with Gasteiger partial charge in [0.15, 0.2) is 6.10 Å². The third-order valence-corrected chi connectivity index (χ3v) is 4.92. The summed E-state index contributed by atoms with van der Waals surface area (Å²) in [6.45, 7) is 1.95. The molecule has 29 heavy (non-hydrogen) atoms. The molecule has 0 spiro atoms. The summed E-state index contributed by atoms with van der Waals surface area (Å²) >= 11 is 6.02. The van der Waals surface area contributed by atoms with Gasteiger partial charge in [-0.1, -0.05) is 29.8 Å². The second kappa shape index (κ2) is 9.44. The van der Waals surface area contributed by atoms with Crippen LogP contribution >= 0.6 is 11.6 Å². The SMILES string of the molecule is CC(OC(=O)C1COc2ccc(Cl)cc2C1)C(=O)N(CCC#N)c1ccccc1. The second-order valence-electron chi connectivity index (χ2n) is 6.78. The lowest BCUT2D eigenvalue weighted by Gasteiger charge is -2.28. The number of carbonyl (C=O) groups excluding carboxylic acids is 2. The van der Waals surface area contributed by atoms with Crippen molar-refractivity contribution in [2.45, 2.75) is 25.9 Å². The molecular formula is C22H21ClN2O4. The molecule has 0 aromatic heterocycles. The van der Waals surface area contributed by atoms with Crippen LogP contribution in [0.4, 0.5) is 5.69 Å². The van der Waals surface area contributed by atoms with Gasteiger partial charge in [0.1, 0.15) is 12.4 Å². The van der Waals surface area contributed by atoms with Crippen LogP contribution in [0.15, 0.2) is 48.5 Å². The van der Waals surface area contributed by atoms with Gasteiger partial charge in [-0.15, -0.1) is 0 Å². The first-order valence-electron chi connectivity index (χ1n) is 9.34. The molecule has 0 fully saturated rings. The van der Waals surface area contributed by atoms with Crippen LogP contribution < -0.4 is 9.64 Å². The van der Waals surface area contributed by atoms with Crippen LogP contribution in [0.1, 0.15) is 18.9 Å². The van der Waals surface area contributed by atoms with Crippen LogP contribution in [-0.2, 0) is 20.7 Å². The van der Waals surface area contributed by atoms with Crippen molar-refractivity contribution >= 4 is 29.2 Å². The second-order valence-corrected chi connectivity index (χ2v) is 7.21. The first-order valence-corrected chi connectivity index (χ1v) is 9.72. The molecule has 1 aliphatic rings. The molecule has 0 radical (unpaired) electrons. The Hall–Kier alpha value is -3.04. The van der Waals surface area contributed by atoms with Gasteiger partial charge in [-0.25, -0.2) is 0 Å². The zero-order valence-corrected chi connectivity index (χ0v) is 16.8. The maximum absolute atomic E-state index is 12.9. The molecule has 2 aromatic rings. The summed E-state index contributed by atoms with van der Waals surface area (Å²) in [5.74, 6) is -0.681. The molecule has 6 nitrogen and oxygen atoms in total. The van der Waals surface area contributed by atoms with Crippen LogP contribution in [0.25, 0.3) is 0 Å². The minimum atomic E-state index is -0.984. The van der Waals surface area contributed by atoms with E-state index in [1.54, 1.807) is 42.5 Å². The number of rotatable bonds is 6. The van der Waals surface area contributed by atoms with Crippen molar-refractivity contribution in [3.05, 3.63) is 59.1 Å². The average Bonchev–Trinajstić information content (AvgIpc) is 2.74. The van der Waals surface area contributed by atoms with Crippen molar-refractivity contribution in [1.82, 2.24) is 0 Å². The van der Waals surface area contributed by atoms with E-state index < -0.39 is 18.0 Å². The van der Waals surface area contributed by atoms with Gasteiger partial charge < -0.3 is 14.4 Å². The van der Waals surface area contributed by atoms with E-state index in [0.717, 1.165) is 5.56 Å². The van der Waals surface area contributed by atoms with Crippen LogP contribution in [0.2, 0.25) is 5.02 Å². The number of hydrogen-bond donors (Lipinski definition) is 0. The van der Waals surface area contributed by atoms with Crippen LogP contribution in [0, 0.1) is 17.2 Å². The summed E-state index contributed by atoms with van der Waals surface area (Å²) in [5.41, 5.74) is 1.49. The molecular weight excluding hydrogens is 392 g/mol. The topological polar surface area (TPSA) is 79.6 Å². The smallest absolute Gasteiger partial charge is 0.313 e. The molecule has 1 aliphatic heterocycles. The van der Waals surface area contributed by atoms with E-state index in [1.165, 1.54) is 11.8 Å². The van der Waals surface area contributed by atoms with Crippen molar-refractivity contribution in [2.24, 2.45) is 5.92 Å². The number of benzene rings is 2. The molecule has 2 unspecified atom stereocenters. The predicted molar refractivity (Wildman–Crippen MR) is 109 cm³/mol. The molecule has 0 bridgehead atoms. The molecule has 0 N–H and O–H groups in total. The Morgan fingerprint density at radius 2 is 2.07 bits per heavy atom. The molecule has 2 aromatic carbocycles. The zero-order chi connectivity index (χ0) is 20.8. The molecule has 3 rings (SSSR count). The monoisotopic (exact) mass is 412 g/mol. The number of para-hydroxylation sites is 1. The van der Waals surface area contributed by atoms with E-state index in [9.17, 15) is 9.59 Å². The largest absolute Gasteiger partial charge is 0.492 e. The molecule has 1 heterocycles. The van der Waals surface area contributed by atoms with Crippen molar-refractivity contribution < 1.29 is 19.1 Å². The van der Waals surface area contributed by atoms with E-state index in [-0.39, 0.29) is 25.5 Å². The number of anilines is 1. The fourth-order valence-corrected chi connectivity index (χ4v) is 3.39. The molecule has 0 saturated carbocycles. The van der Waals surface area contributed by atoms with E-state index in [0.29, 0.717) is 22.9 Å². The van der Waals surface area contributed by atoms with Gasteiger partial charge in [-0.05, 0) is 49.2 Å². The Labute approximate surface area is 174 Å². The highest BCUT2D eigenvalue weighted by atomic mass is 35.5. The standard InChI is InChI=1S/C22H21ClN2O4/c1-15(21(26)25(11-5-10-24)19-6-3-2-4-7-19)29-22(27)17-12-16-13-18(23)8-9-20(16)28-14-17/h2-4,6-9,13,15,17H,5,11-12,14H2,1H3. The fraction of sp³-hybridized carbons (Fsp3) is 0.318. The van der Waals surface area contributed by atoms with Gasteiger partial charge in [0.25, 0.3) is 5.91 Å². The highest BCUT2D eigenvalue weighted by Crippen LogP contribution is 2.30. The molecule has 1 amide bonds. The van der Waals surface area contributed by atoms with Crippen molar-refractivity contribution in [1.29, 1.82) is 5.26 Å². The Morgan fingerprint density at radius 3 is 2.79 bits per heavy atom. The number of halogens is 1. The van der Waals surface area contributed by atoms with Crippen molar-refractivity contribution in [2.75, 3.05) is 18.1 Å². The van der Waals surface area contributed by atoms with Gasteiger partial charge >= 0.3 is 5.97 Å². The van der Waals surface area contributed by atoms with Gasteiger partial charge in [-0.2, -0.15) is 5.26 Å². The molecule has 7 heteroatoms. The lowest BCUT2D eigenvalue weighted by Crippen LogP contribution is -2.42. The summed E-state index contributed by atoms with van der Waals surface area (Å²) in [7, 11) is 0. The van der Waals surface area contributed by atoms with Crippen molar-refractivity contribution in [3.63, 3.8) is 0 Å². The predicted octanol–water partition coefficient (Wildman–Crippen LogP) is 3.77. The number of carbonyl (C=O) groups is 2. The zero-order valence-electron chi connectivity index (χ0n) is 16.0. The molecule has 0 aliphatic carbocycles. The van der Waals surface area contributed by atoms with Crippen LogP contribution in [0.5, 0.6) is 5.75 Å². The minimum absolute atomic E-state index is 0.176. The van der Waals surface area contributed by atoms with Gasteiger partial charge in [0, 0.05) is 17.3 Å². The summed E-state index contributed by atoms with van der Waals surface area (Å²) in [6, 6.07) is 16.3. The Morgan fingerprint density at radius 1 is 1.31 bits per heavy atom. The summed E-state index contributed by atoms with van der Waals surface area (Å²) in [6.07, 6.45) is -0.371. The fourth-order valence-electron chi connectivity index (χ4n) is 3.19. The average molecular weight is 413 g/mol. The third-order valence-electron chi connectivity index (χ3n) is 4.68. The maximum atomic E-state index is 12.9. The number of esters is 1. The minimum Gasteiger partial charge on any atom is -0.492 e. The number of ether oxygens (including phenoxy) is 2. The summed E-state index contributed by atoms with van der Waals surface area (Å²) in [5, 5.41) is 9.47. The Balaban J connectivity index is 1.66. The highest BCUT2D eigenvalue weighted by Gasteiger charge is 2.31. The first-order chi connectivity index (χ1) is 14.0. The lowest BCUT2D eigenvalue weighted by atomic mass is 9.97. The van der Waals surface area contributed by atoms with Gasteiger partial charge in [0.2, 0.25) is 0 Å². The van der Waals surface area contributed by atoms with E-state index >= 15 is 0 Å². The normalized spacial score (nSPS) is 16.0. The Kier molecular flexibility index (Phi) is 6.73. The molecule has 0 saturated heterocycles. The van der Waals surface area contributed by atoms with E-state index in [2.05, 4.69) is 0 Å². The first kappa shape index (κ1) is 20.7. The summed E-state index contributed by atoms with van der Waals surface area (Å²) < 4.78 is 11.1. The highest BCUT2D eigenvalue weighted by molar-refractivity contribution is 6.30. The number of amides is 1. The number of fused-ring (bicyclic) bond motifs is 1. The van der Waals surface area contributed by atoms with Crippen molar-refractivity contribution in [3.8, 4) is 11.8 Å². The molecule has 150 valence electrons. The number of nitrogens with zero attached hydrogens (tertiary/aromatic N) is 2. The lowest BCUT2D eigenvalue weighted by molar-refractivity contribution is -0.159. The van der Waals surface area contributed by atoms with Gasteiger partial charge in [0.05, 0.1) is 18.4 Å². The quantitative estimate of drug-likeness (QED) is 0.675. The maximum Gasteiger partial charge on any atom is 0.313 e. The van der Waals surface area contributed by atoms with Crippen LogP contribution in [-0.4, -0.2) is 31.1 Å². The number of hydrogen-bond acceptors (Lipinski definition) is 5. The van der Waals surface area contributed by atoms with E-state index in [4.69, 9.17) is 26.3 Å². The Bertz CT molecular complexity index is 926.